The van der Waals surface area contributed by atoms with E-state index in [0.29, 0.717) is 98.5 Å². The molecular formula is C62H70F2N10O13. The van der Waals surface area contributed by atoms with Crippen molar-refractivity contribution in [1.82, 2.24) is 40.7 Å². The van der Waals surface area contributed by atoms with Crippen LogP contribution >= 0.6 is 0 Å². The molecule has 4 unspecified atom stereocenters. The fourth-order valence-corrected chi connectivity index (χ4v) is 12.9. The lowest BCUT2D eigenvalue weighted by atomic mass is 9.91. The number of terminal acetylenes is 1. The molecule has 6 aliphatic heterocycles. The van der Waals surface area contributed by atoms with Crippen molar-refractivity contribution in [2.75, 3.05) is 116 Å². The van der Waals surface area contributed by atoms with Crippen LogP contribution in [0.2, 0.25) is 0 Å². The molecule has 0 spiro atoms. The molecule has 25 heteroatoms. The monoisotopic (exact) mass is 1200 g/mol. The molecule has 0 radical (unpaired) electrons. The minimum absolute atomic E-state index is 0.00531. The van der Waals surface area contributed by atoms with Crippen LogP contribution in [0, 0.1) is 29.9 Å². The van der Waals surface area contributed by atoms with Crippen molar-refractivity contribution < 1.29 is 70.7 Å². The lowest BCUT2D eigenvalue weighted by Gasteiger charge is -2.35. The molecule has 6 aliphatic rings. The maximum Gasteiger partial charge on any atom is 0.407 e. The minimum Gasteiger partial charge on any atom is -0.461 e. The van der Waals surface area contributed by atoms with Gasteiger partial charge in [-0.1, -0.05) is 37.1 Å². The van der Waals surface area contributed by atoms with Gasteiger partial charge in [0.25, 0.3) is 11.8 Å². The van der Waals surface area contributed by atoms with Crippen LogP contribution < -0.4 is 30.9 Å². The Bertz CT molecular complexity index is 3470. The number of imide groups is 2. The van der Waals surface area contributed by atoms with Crippen molar-refractivity contribution >= 4 is 68.8 Å². The molecule has 2 aromatic heterocycles. The van der Waals surface area contributed by atoms with Gasteiger partial charge in [0.2, 0.25) is 17.7 Å². The zero-order valence-electron chi connectivity index (χ0n) is 48.4. The molecule has 4 N–H and O–H groups in total. The summed E-state index contributed by atoms with van der Waals surface area (Å²) in [5.41, 5.74) is 0.543. The van der Waals surface area contributed by atoms with Gasteiger partial charge >= 0.3 is 12.1 Å². The van der Waals surface area contributed by atoms with E-state index in [1.165, 1.54) is 24.3 Å². The summed E-state index contributed by atoms with van der Waals surface area (Å²) >= 11 is 0. The lowest BCUT2D eigenvalue weighted by molar-refractivity contribution is -0.136. The number of nitrogens with one attached hydrogen (secondary N) is 4. The number of amides is 6. The summed E-state index contributed by atoms with van der Waals surface area (Å²) in [6.07, 6.45) is 11.4. The maximum atomic E-state index is 17.2. The van der Waals surface area contributed by atoms with Gasteiger partial charge in [-0.05, 0) is 74.1 Å². The van der Waals surface area contributed by atoms with E-state index in [0.717, 1.165) is 43.5 Å². The minimum atomic E-state index is -1.08. The number of benzene rings is 3. The van der Waals surface area contributed by atoms with E-state index in [2.05, 4.69) is 48.9 Å². The number of nitrogens with zero attached hydrogens (tertiary/aromatic N) is 6. The van der Waals surface area contributed by atoms with Gasteiger partial charge in [-0.25, -0.2) is 13.6 Å². The highest BCUT2D eigenvalue weighted by Crippen LogP contribution is 2.46. The molecule has 6 amide bonds. The van der Waals surface area contributed by atoms with E-state index >= 15 is 8.78 Å². The average Bonchev–Trinajstić information content (AvgIpc) is 1.90. The number of alkyl carbamates (subject to hydrolysis) is 1. The number of carbonyl (C=O) groups is 6. The lowest BCUT2D eigenvalue weighted by Crippen LogP contribution is -2.54. The first-order valence-corrected chi connectivity index (χ1v) is 29.7. The second-order valence-electron chi connectivity index (χ2n) is 22.8. The van der Waals surface area contributed by atoms with Crippen molar-refractivity contribution in [3.05, 3.63) is 83.1 Å². The largest absolute Gasteiger partial charge is 0.461 e. The molecule has 11 rings (SSSR count). The van der Waals surface area contributed by atoms with Crippen LogP contribution in [-0.2, 0) is 42.8 Å². The number of pyridine rings is 1. The van der Waals surface area contributed by atoms with Crippen LogP contribution in [0.4, 0.5) is 25.1 Å². The Morgan fingerprint density at radius 2 is 1.53 bits per heavy atom. The maximum absolute atomic E-state index is 17.2. The van der Waals surface area contributed by atoms with Gasteiger partial charge in [-0.15, -0.1) is 6.42 Å². The Labute approximate surface area is 500 Å². The first-order valence-electron chi connectivity index (χ1n) is 29.7. The summed E-state index contributed by atoms with van der Waals surface area (Å²) in [7, 11) is 0. The van der Waals surface area contributed by atoms with E-state index in [1.54, 1.807) is 30.5 Å². The Balaban J connectivity index is 0.548. The first kappa shape index (κ1) is 60.8. The Hall–Kier alpha value is -7.83. The summed E-state index contributed by atoms with van der Waals surface area (Å²) in [5.74, 6) is -0.731. The molecule has 5 fully saturated rings. The van der Waals surface area contributed by atoms with Gasteiger partial charge in [-0.2, -0.15) is 9.97 Å². The highest BCUT2D eigenvalue weighted by Gasteiger charge is 2.53. The summed E-state index contributed by atoms with van der Waals surface area (Å²) in [6, 6.07) is 12.0. The molecule has 87 heavy (non-hydrogen) atoms. The highest BCUT2D eigenvalue weighted by molar-refractivity contribution is 6.24. The molecule has 5 saturated heterocycles. The van der Waals surface area contributed by atoms with E-state index < -0.39 is 47.4 Å². The second kappa shape index (κ2) is 27.5. The first-order chi connectivity index (χ1) is 42.3. The van der Waals surface area contributed by atoms with E-state index in [4.69, 9.17) is 49.5 Å². The SMILES string of the molecule is C#Cc1c(F)ccc2cccc(-c3ncc4c(N5CC6CCC(C5)N6)nc(OC[C@@]56CC[C@@H](COC(=O)NCCOCCOCCOCCOCCOCCC(=O)Nc7ccc8c(c7)C(=O)N(C7CCC(=O)NC7=O)C8=O)N5CC(C)C6)nc4c3F)c12. The summed E-state index contributed by atoms with van der Waals surface area (Å²) in [5, 5.41) is 12.8. The fraction of sp³-hybridized carbons (Fsp3) is 0.500. The number of hydrogen-bond donors (Lipinski definition) is 4. The van der Waals surface area contributed by atoms with Gasteiger partial charge in [-0.3, -0.25) is 44.1 Å². The molecule has 6 atom stereocenters. The van der Waals surface area contributed by atoms with Gasteiger partial charge < -0.3 is 54.0 Å². The second-order valence-corrected chi connectivity index (χ2v) is 22.8. The van der Waals surface area contributed by atoms with Crippen LogP contribution in [0.15, 0.2) is 54.7 Å². The topological polar surface area (TPSA) is 264 Å². The number of rotatable bonds is 27. The molecule has 5 aromatic rings. The van der Waals surface area contributed by atoms with E-state index in [9.17, 15) is 28.8 Å². The van der Waals surface area contributed by atoms with E-state index in [1.807, 2.05) is 0 Å². The predicted molar refractivity (Wildman–Crippen MR) is 312 cm³/mol. The molecule has 23 nitrogen and oxygen atoms in total. The number of hydrogen-bond acceptors (Lipinski definition) is 19. The van der Waals surface area contributed by atoms with Crippen LogP contribution in [0.25, 0.3) is 32.9 Å². The molecule has 3 aromatic carbocycles. The van der Waals surface area contributed by atoms with Crippen molar-refractivity contribution in [1.29, 1.82) is 0 Å². The molecular weight excluding hydrogens is 1130 g/mol. The molecule has 2 bridgehead atoms. The fourth-order valence-electron chi connectivity index (χ4n) is 12.9. The van der Waals surface area contributed by atoms with Crippen molar-refractivity contribution in [2.24, 2.45) is 5.92 Å². The third-order valence-electron chi connectivity index (χ3n) is 16.9. The number of carbonyl (C=O) groups excluding carboxylic acids is 6. The number of fused-ring (bicyclic) bond motifs is 6. The number of aromatic nitrogens is 3. The van der Waals surface area contributed by atoms with Crippen LogP contribution in [0.3, 0.4) is 0 Å². The summed E-state index contributed by atoms with van der Waals surface area (Å²) in [4.78, 5) is 94.9. The van der Waals surface area contributed by atoms with Crippen LogP contribution in [0.1, 0.15) is 84.6 Å². The molecule has 460 valence electrons. The number of anilines is 2. The van der Waals surface area contributed by atoms with E-state index in [-0.39, 0.29) is 122 Å². The quantitative estimate of drug-likeness (QED) is 0.0309. The molecule has 0 aliphatic carbocycles. The Morgan fingerprint density at radius 3 is 2.25 bits per heavy atom. The number of ether oxygens (including phenoxy) is 7. The zero-order valence-corrected chi connectivity index (χ0v) is 48.4. The molecule has 8 heterocycles. The van der Waals surface area contributed by atoms with Gasteiger partial charge in [0, 0.05) is 73.6 Å². The van der Waals surface area contributed by atoms with Gasteiger partial charge in [0.05, 0.1) is 100 Å². The third kappa shape index (κ3) is 13.7. The smallest absolute Gasteiger partial charge is 0.407 e. The highest BCUT2D eigenvalue weighted by atomic mass is 19.1. The Morgan fingerprint density at radius 1 is 0.816 bits per heavy atom. The van der Waals surface area contributed by atoms with Crippen LogP contribution in [0.5, 0.6) is 6.01 Å². The Kier molecular flexibility index (Phi) is 19.2. The molecule has 0 saturated carbocycles. The van der Waals surface area contributed by atoms with Crippen molar-refractivity contribution in [3.8, 4) is 29.6 Å². The van der Waals surface area contributed by atoms with Gasteiger partial charge in [0.15, 0.2) is 5.82 Å². The predicted octanol–water partition coefficient (Wildman–Crippen LogP) is 4.91. The normalized spacial score (nSPS) is 22.4. The van der Waals surface area contributed by atoms with Crippen molar-refractivity contribution in [2.45, 2.75) is 88.0 Å². The summed E-state index contributed by atoms with van der Waals surface area (Å²) < 4.78 is 72.3. The standard InChI is InChI=1S/C62H70F2N10O13/c1-3-43-48(63)12-7-38-5-4-6-45(52(38)43)54-53(64)55-47(31-66-54)56(72-33-40-8-9-41(34-72)67-40)71-60(70-55)87-36-62-17-15-42(73(62)32-37(2)30-62)35-86-61(80)65-18-20-82-22-24-84-26-28-85-27-25-83-23-21-81-19-16-51(76)68-39-10-11-44-46(29-39)59(79)74(58(44)78)49-13-14-50(75)69-57(49)77/h1,4-7,10-12,29,31,37,40-42,49,67H,8-9,13-28,30,32-36H2,2H3,(H,65,80)(H,68,76)(H,69,75,77)/t37?,40?,41?,42-,49?,62-/m0/s1. The van der Waals surface area contributed by atoms with Crippen LogP contribution in [-0.4, -0.2) is 196 Å². The number of halogens is 2. The third-order valence-corrected chi connectivity index (χ3v) is 16.9. The van der Waals surface area contributed by atoms with Gasteiger partial charge in [0.1, 0.15) is 42.1 Å². The number of piperazine rings is 1. The van der Waals surface area contributed by atoms with Crippen molar-refractivity contribution in [3.63, 3.8) is 0 Å². The number of piperidine rings is 1. The average molecular weight is 1200 g/mol. The summed E-state index contributed by atoms with van der Waals surface area (Å²) in [6.45, 7) is 8.02. The zero-order chi connectivity index (χ0) is 60.6.